The quantitative estimate of drug-likeness (QED) is 0.779. The number of likely N-dealkylation sites (N-methyl/N-ethyl adjacent to an activating group) is 1. The number of pyridine rings is 1. The molecule has 2 aromatic heterocycles. The van der Waals surface area contributed by atoms with E-state index in [0.29, 0.717) is 0 Å². The van der Waals surface area contributed by atoms with Gasteiger partial charge in [0.2, 0.25) is 0 Å². The summed E-state index contributed by atoms with van der Waals surface area (Å²) in [6.45, 7) is 3.02. The first-order chi connectivity index (χ1) is 10.4. The van der Waals surface area contributed by atoms with Gasteiger partial charge in [0.25, 0.3) is 0 Å². The first-order valence-corrected chi connectivity index (χ1v) is 7.19. The van der Waals surface area contributed by atoms with E-state index in [9.17, 15) is 0 Å². The molecule has 3 rings (SSSR count). The van der Waals surface area contributed by atoms with E-state index >= 15 is 0 Å². The minimum absolute atomic E-state index is 0.210. The number of rotatable bonds is 5. The number of nitrogens with one attached hydrogen (secondary N) is 1. The number of nitrogens with zero attached hydrogens (tertiary/aromatic N) is 3. The van der Waals surface area contributed by atoms with Gasteiger partial charge in [-0.1, -0.05) is 25.1 Å². The maximum absolute atomic E-state index is 4.42. The van der Waals surface area contributed by atoms with Gasteiger partial charge in [0.1, 0.15) is 6.33 Å². The number of aromatic nitrogens is 3. The molecule has 0 amide bonds. The number of hydrogen-bond acceptors (Lipinski definition) is 4. The predicted molar refractivity (Wildman–Crippen MR) is 83.9 cm³/mol. The summed E-state index contributed by atoms with van der Waals surface area (Å²) in [5.41, 5.74) is 3.44. The molecule has 2 heterocycles. The first-order valence-electron chi connectivity index (χ1n) is 7.19. The van der Waals surface area contributed by atoms with Crippen LogP contribution in [0.5, 0.6) is 0 Å². The first kappa shape index (κ1) is 13.6. The van der Waals surface area contributed by atoms with Gasteiger partial charge in [0.05, 0.1) is 5.52 Å². The Morgan fingerprint density at radius 2 is 1.90 bits per heavy atom. The Morgan fingerprint density at radius 1 is 1.10 bits per heavy atom. The van der Waals surface area contributed by atoms with E-state index in [4.69, 9.17) is 0 Å². The van der Waals surface area contributed by atoms with Crippen molar-refractivity contribution >= 4 is 10.9 Å². The van der Waals surface area contributed by atoms with Gasteiger partial charge in [0, 0.05) is 35.6 Å². The van der Waals surface area contributed by atoms with Gasteiger partial charge in [-0.05, 0) is 30.7 Å². The summed E-state index contributed by atoms with van der Waals surface area (Å²) in [4.78, 5) is 12.7. The van der Waals surface area contributed by atoms with Crippen LogP contribution in [0.15, 0.2) is 55.2 Å². The van der Waals surface area contributed by atoms with Gasteiger partial charge in [-0.15, -0.1) is 0 Å². The molecule has 1 unspecified atom stereocenters. The molecule has 21 heavy (non-hydrogen) atoms. The third-order valence-corrected chi connectivity index (χ3v) is 3.60. The molecule has 0 radical (unpaired) electrons. The second-order valence-electron chi connectivity index (χ2n) is 4.97. The van der Waals surface area contributed by atoms with Crippen LogP contribution in [0.2, 0.25) is 0 Å². The molecule has 1 aromatic carbocycles. The highest BCUT2D eigenvalue weighted by Gasteiger charge is 2.13. The average molecular weight is 278 g/mol. The van der Waals surface area contributed by atoms with Gasteiger partial charge in [0.15, 0.2) is 0 Å². The molecule has 0 aliphatic rings. The lowest BCUT2D eigenvalue weighted by molar-refractivity contribution is 0.547. The van der Waals surface area contributed by atoms with Crippen LogP contribution in [-0.4, -0.2) is 21.5 Å². The van der Waals surface area contributed by atoms with Gasteiger partial charge in [-0.2, -0.15) is 0 Å². The molecule has 0 bridgehead atoms. The van der Waals surface area contributed by atoms with Crippen LogP contribution in [0, 0.1) is 0 Å². The van der Waals surface area contributed by atoms with Crippen LogP contribution in [0.25, 0.3) is 10.9 Å². The Balaban J connectivity index is 1.95. The second-order valence-corrected chi connectivity index (χ2v) is 4.97. The lowest BCUT2D eigenvalue weighted by atomic mass is 9.98. The van der Waals surface area contributed by atoms with Crippen molar-refractivity contribution in [2.24, 2.45) is 0 Å². The summed E-state index contributed by atoms with van der Waals surface area (Å²) in [6.07, 6.45) is 8.09. The summed E-state index contributed by atoms with van der Waals surface area (Å²) >= 11 is 0. The Kier molecular flexibility index (Phi) is 4.17. The highest BCUT2D eigenvalue weighted by Crippen LogP contribution is 2.22. The van der Waals surface area contributed by atoms with Crippen LogP contribution in [-0.2, 0) is 6.42 Å². The zero-order valence-corrected chi connectivity index (χ0v) is 12.0. The molecule has 0 saturated carbocycles. The number of para-hydroxylation sites is 1. The third kappa shape index (κ3) is 3.06. The maximum atomic E-state index is 4.42. The Labute approximate surface area is 124 Å². The van der Waals surface area contributed by atoms with Crippen molar-refractivity contribution in [3.05, 3.63) is 66.4 Å². The molecular formula is C17H18N4. The molecule has 0 spiro atoms. The SMILES string of the molecule is CCNC(Cc1ccnc2ccccc12)c1cncnc1. The van der Waals surface area contributed by atoms with E-state index in [1.165, 1.54) is 10.9 Å². The van der Waals surface area contributed by atoms with Crippen molar-refractivity contribution in [3.8, 4) is 0 Å². The van der Waals surface area contributed by atoms with Crippen molar-refractivity contribution in [3.63, 3.8) is 0 Å². The van der Waals surface area contributed by atoms with Crippen LogP contribution < -0.4 is 5.32 Å². The summed E-state index contributed by atoms with van der Waals surface area (Å²) < 4.78 is 0. The molecule has 1 atom stereocenters. The van der Waals surface area contributed by atoms with Crippen LogP contribution in [0.3, 0.4) is 0 Å². The topological polar surface area (TPSA) is 50.7 Å². The molecule has 1 N–H and O–H groups in total. The fraction of sp³-hybridized carbons (Fsp3) is 0.235. The standard InChI is InChI=1S/C17H18N4/c1-2-20-17(14-10-18-12-19-11-14)9-13-7-8-21-16-6-4-3-5-15(13)16/h3-8,10-12,17,20H,2,9H2,1H3. The minimum atomic E-state index is 0.210. The van der Waals surface area contributed by atoms with Gasteiger partial charge in [-0.3, -0.25) is 4.98 Å². The number of benzene rings is 1. The highest BCUT2D eigenvalue weighted by atomic mass is 14.9. The average Bonchev–Trinajstić information content (AvgIpc) is 2.55. The van der Waals surface area contributed by atoms with Crippen LogP contribution in [0.4, 0.5) is 0 Å². The fourth-order valence-electron chi connectivity index (χ4n) is 2.60. The smallest absolute Gasteiger partial charge is 0.115 e. The number of hydrogen-bond donors (Lipinski definition) is 1. The largest absolute Gasteiger partial charge is 0.310 e. The normalized spacial score (nSPS) is 12.4. The molecule has 106 valence electrons. The predicted octanol–water partition coefficient (Wildman–Crippen LogP) is 2.92. The molecule has 4 nitrogen and oxygen atoms in total. The maximum Gasteiger partial charge on any atom is 0.115 e. The van der Waals surface area contributed by atoms with E-state index in [1.807, 2.05) is 30.7 Å². The van der Waals surface area contributed by atoms with Crippen molar-refractivity contribution in [1.29, 1.82) is 0 Å². The summed E-state index contributed by atoms with van der Waals surface area (Å²) in [5.74, 6) is 0. The zero-order valence-electron chi connectivity index (χ0n) is 12.0. The van der Waals surface area contributed by atoms with Gasteiger partial charge in [-0.25, -0.2) is 9.97 Å². The Bertz CT molecular complexity index is 707. The summed E-state index contributed by atoms with van der Waals surface area (Å²) in [6, 6.07) is 10.6. The summed E-state index contributed by atoms with van der Waals surface area (Å²) in [7, 11) is 0. The fourth-order valence-corrected chi connectivity index (χ4v) is 2.60. The molecular weight excluding hydrogens is 260 g/mol. The van der Waals surface area contributed by atoms with Gasteiger partial charge < -0.3 is 5.32 Å². The molecule has 0 fully saturated rings. The van der Waals surface area contributed by atoms with E-state index in [0.717, 1.165) is 24.0 Å². The zero-order chi connectivity index (χ0) is 14.5. The Hall–Kier alpha value is -2.33. The Morgan fingerprint density at radius 3 is 2.71 bits per heavy atom. The van der Waals surface area contributed by atoms with E-state index < -0.39 is 0 Å². The number of fused-ring (bicyclic) bond motifs is 1. The van der Waals surface area contributed by atoms with E-state index in [2.05, 4.69) is 45.4 Å². The van der Waals surface area contributed by atoms with E-state index in [-0.39, 0.29) is 6.04 Å². The molecule has 4 heteroatoms. The minimum Gasteiger partial charge on any atom is -0.310 e. The van der Waals surface area contributed by atoms with Crippen molar-refractivity contribution in [2.45, 2.75) is 19.4 Å². The van der Waals surface area contributed by atoms with Gasteiger partial charge >= 0.3 is 0 Å². The van der Waals surface area contributed by atoms with Crippen LogP contribution >= 0.6 is 0 Å². The third-order valence-electron chi connectivity index (χ3n) is 3.60. The summed E-state index contributed by atoms with van der Waals surface area (Å²) in [5, 5.41) is 4.72. The lowest BCUT2D eigenvalue weighted by Gasteiger charge is -2.18. The lowest BCUT2D eigenvalue weighted by Crippen LogP contribution is -2.23. The van der Waals surface area contributed by atoms with Crippen molar-refractivity contribution < 1.29 is 0 Å². The van der Waals surface area contributed by atoms with Crippen molar-refractivity contribution in [1.82, 2.24) is 20.3 Å². The molecule has 0 aliphatic carbocycles. The second kappa shape index (κ2) is 6.41. The molecule has 0 saturated heterocycles. The highest BCUT2D eigenvalue weighted by molar-refractivity contribution is 5.81. The van der Waals surface area contributed by atoms with E-state index in [1.54, 1.807) is 6.33 Å². The van der Waals surface area contributed by atoms with Crippen molar-refractivity contribution in [2.75, 3.05) is 6.54 Å². The molecule has 0 aliphatic heterocycles. The molecule has 3 aromatic rings. The monoisotopic (exact) mass is 278 g/mol. The van der Waals surface area contributed by atoms with Crippen LogP contribution in [0.1, 0.15) is 24.1 Å².